The van der Waals surface area contributed by atoms with Gasteiger partial charge in [-0.1, -0.05) is 36.4 Å². The first-order chi connectivity index (χ1) is 11.9. The summed E-state index contributed by atoms with van der Waals surface area (Å²) >= 11 is 5.99. The van der Waals surface area contributed by atoms with Crippen LogP contribution in [0.4, 0.5) is 0 Å². The van der Waals surface area contributed by atoms with Crippen molar-refractivity contribution in [1.82, 2.24) is 25.0 Å². The maximum atomic E-state index is 5.99. The molecule has 4 aromatic rings. The van der Waals surface area contributed by atoms with E-state index in [0.29, 0.717) is 23.4 Å². The molecule has 0 unspecified atom stereocenters. The van der Waals surface area contributed by atoms with Crippen molar-refractivity contribution >= 4 is 11.6 Å². The summed E-state index contributed by atoms with van der Waals surface area (Å²) < 4.78 is 7.60. The first kappa shape index (κ1) is 14.6. The first-order valence-corrected chi connectivity index (χ1v) is 7.85. The van der Waals surface area contributed by atoms with Crippen molar-refractivity contribution in [3.05, 3.63) is 66.5 Å². The highest BCUT2D eigenvalue weighted by molar-refractivity contribution is 6.16. The lowest BCUT2D eigenvalue weighted by Crippen LogP contribution is -2.01. The van der Waals surface area contributed by atoms with E-state index in [1.807, 2.05) is 65.2 Å². The Morgan fingerprint density at radius 2 is 1.46 bits per heavy atom. The Bertz CT molecular complexity index is 950. The van der Waals surface area contributed by atoms with Crippen molar-refractivity contribution in [2.75, 3.05) is 0 Å². The molecule has 0 saturated carbocycles. The molecular formula is C17H12ClN5O. The van der Waals surface area contributed by atoms with Crippen LogP contribution >= 0.6 is 11.6 Å². The van der Waals surface area contributed by atoms with Crippen LogP contribution in [0.2, 0.25) is 0 Å². The van der Waals surface area contributed by atoms with Crippen LogP contribution in [0.25, 0.3) is 28.9 Å². The lowest BCUT2D eigenvalue weighted by Gasteiger charge is -2.06. The molecule has 0 amide bonds. The summed E-state index contributed by atoms with van der Waals surface area (Å²) in [4.78, 5) is 0. The summed E-state index contributed by atoms with van der Waals surface area (Å²) in [6.07, 6.45) is 0. The zero-order valence-electron chi connectivity index (χ0n) is 12.5. The second-order valence-electron chi connectivity index (χ2n) is 5.02. The Hall–Kier alpha value is -2.99. The first-order valence-electron chi connectivity index (χ1n) is 7.32. The van der Waals surface area contributed by atoms with Crippen LogP contribution in [0.3, 0.4) is 0 Å². The van der Waals surface area contributed by atoms with Gasteiger partial charge in [-0.2, -0.15) is 0 Å². The molecule has 6 nitrogen and oxygen atoms in total. The topological polar surface area (TPSA) is 69.6 Å². The van der Waals surface area contributed by atoms with Crippen LogP contribution in [0.15, 0.2) is 65.1 Å². The smallest absolute Gasteiger partial charge is 0.286 e. The van der Waals surface area contributed by atoms with Gasteiger partial charge in [0.05, 0.1) is 5.88 Å². The zero-order valence-corrected chi connectivity index (χ0v) is 13.3. The molecule has 0 fully saturated rings. The average molecular weight is 338 g/mol. The minimum atomic E-state index is 0.224. The molecule has 0 N–H and O–H groups in total. The van der Waals surface area contributed by atoms with Crippen molar-refractivity contribution < 1.29 is 4.42 Å². The predicted molar refractivity (Wildman–Crippen MR) is 89.6 cm³/mol. The van der Waals surface area contributed by atoms with Crippen molar-refractivity contribution in [3.63, 3.8) is 0 Å². The normalized spacial score (nSPS) is 10.9. The quantitative estimate of drug-likeness (QED) is 0.531. The predicted octanol–water partition coefficient (Wildman–Crippen LogP) is 3.72. The highest BCUT2D eigenvalue weighted by Gasteiger charge is 2.20. The molecule has 24 heavy (non-hydrogen) atoms. The molecule has 0 aliphatic rings. The number of para-hydroxylation sites is 1. The van der Waals surface area contributed by atoms with Crippen LogP contribution in [0.5, 0.6) is 0 Å². The van der Waals surface area contributed by atoms with Crippen molar-refractivity contribution in [2.24, 2.45) is 0 Å². The molecule has 0 aliphatic carbocycles. The largest absolute Gasteiger partial charge is 0.413 e. The fourth-order valence-corrected chi connectivity index (χ4v) is 2.57. The minimum Gasteiger partial charge on any atom is -0.413 e. The molecule has 0 bridgehead atoms. The van der Waals surface area contributed by atoms with E-state index in [9.17, 15) is 0 Å². The third-order valence-electron chi connectivity index (χ3n) is 3.50. The van der Waals surface area contributed by atoms with Crippen LogP contribution in [-0.2, 0) is 5.88 Å². The van der Waals surface area contributed by atoms with Gasteiger partial charge in [0, 0.05) is 11.3 Å². The Balaban J connectivity index is 1.81. The summed E-state index contributed by atoms with van der Waals surface area (Å²) in [5.74, 6) is 2.02. The number of nitrogens with zero attached hydrogens (tertiary/aromatic N) is 5. The van der Waals surface area contributed by atoms with Gasteiger partial charge in [0.1, 0.15) is 0 Å². The zero-order chi connectivity index (χ0) is 16.4. The van der Waals surface area contributed by atoms with Gasteiger partial charge in [0.25, 0.3) is 5.89 Å². The average Bonchev–Trinajstić information content (AvgIpc) is 3.30. The molecule has 4 rings (SSSR count). The van der Waals surface area contributed by atoms with Crippen LogP contribution in [-0.4, -0.2) is 25.0 Å². The number of rotatable bonds is 4. The molecule has 2 heterocycles. The lowest BCUT2D eigenvalue weighted by atomic mass is 10.2. The van der Waals surface area contributed by atoms with E-state index in [0.717, 1.165) is 11.3 Å². The number of alkyl halides is 1. The van der Waals surface area contributed by atoms with E-state index in [1.165, 1.54) is 0 Å². The van der Waals surface area contributed by atoms with Gasteiger partial charge in [0.2, 0.25) is 11.7 Å². The summed E-state index contributed by atoms with van der Waals surface area (Å²) in [7, 11) is 0. The van der Waals surface area contributed by atoms with Gasteiger partial charge >= 0.3 is 0 Å². The van der Waals surface area contributed by atoms with E-state index in [1.54, 1.807) is 0 Å². The van der Waals surface area contributed by atoms with E-state index >= 15 is 0 Å². The Labute approximate surface area is 142 Å². The number of benzene rings is 2. The van der Waals surface area contributed by atoms with Crippen molar-refractivity contribution in [3.8, 4) is 28.9 Å². The highest BCUT2D eigenvalue weighted by Crippen LogP contribution is 2.25. The summed E-state index contributed by atoms with van der Waals surface area (Å²) in [5.41, 5.74) is 1.73. The SMILES string of the molecule is ClCc1nnc(-c2nnc(-c3ccccc3)o2)n1-c1ccccc1. The number of hydrogen-bond donors (Lipinski definition) is 0. The second-order valence-corrected chi connectivity index (χ2v) is 5.29. The molecule has 0 saturated heterocycles. The van der Waals surface area contributed by atoms with Gasteiger partial charge in [-0.25, -0.2) is 0 Å². The Morgan fingerprint density at radius 1 is 0.792 bits per heavy atom. The van der Waals surface area contributed by atoms with Gasteiger partial charge in [-0.3, -0.25) is 4.57 Å². The van der Waals surface area contributed by atoms with Gasteiger partial charge in [-0.05, 0) is 24.3 Å². The molecule has 0 atom stereocenters. The highest BCUT2D eigenvalue weighted by atomic mass is 35.5. The monoisotopic (exact) mass is 337 g/mol. The van der Waals surface area contributed by atoms with Gasteiger partial charge in [-0.15, -0.1) is 32.0 Å². The molecular weight excluding hydrogens is 326 g/mol. The summed E-state index contributed by atoms with van der Waals surface area (Å²) in [5, 5.41) is 16.5. The fraction of sp³-hybridized carbons (Fsp3) is 0.0588. The third kappa shape index (κ3) is 2.57. The Kier molecular flexibility index (Phi) is 3.80. The molecule has 2 aromatic heterocycles. The standard InChI is InChI=1S/C17H12ClN5O/c18-11-14-19-20-15(23(14)13-9-5-2-6-10-13)17-22-21-16(24-17)12-7-3-1-4-8-12/h1-10H,11H2. The molecule has 0 radical (unpaired) electrons. The lowest BCUT2D eigenvalue weighted by molar-refractivity contribution is 0.577. The maximum Gasteiger partial charge on any atom is 0.286 e. The Morgan fingerprint density at radius 3 is 2.17 bits per heavy atom. The van der Waals surface area contributed by atoms with Crippen LogP contribution in [0, 0.1) is 0 Å². The molecule has 0 aliphatic heterocycles. The van der Waals surface area contributed by atoms with Crippen molar-refractivity contribution in [2.45, 2.75) is 5.88 Å². The molecule has 2 aromatic carbocycles. The van der Waals surface area contributed by atoms with E-state index < -0.39 is 0 Å². The van der Waals surface area contributed by atoms with E-state index in [4.69, 9.17) is 16.0 Å². The van der Waals surface area contributed by atoms with E-state index in [2.05, 4.69) is 20.4 Å². The maximum absolute atomic E-state index is 5.99. The number of halogens is 1. The molecule has 0 spiro atoms. The molecule has 118 valence electrons. The summed E-state index contributed by atoms with van der Waals surface area (Å²) in [6, 6.07) is 19.3. The number of hydrogen-bond acceptors (Lipinski definition) is 5. The summed E-state index contributed by atoms with van der Waals surface area (Å²) in [6.45, 7) is 0. The van der Waals surface area contributed by atoms with Crippen LogP contribution in [0.1, 0.15) is 5.82 Å². The molecule has 7 heteroatoms. The van der Waals surface area contributed by atoms with Crippen LogP contribution < -0.4 is 0 Å². The second kappa shape index (κ2) is 6.25. The van der Waals surface area contributed by atoms with E-state index in [-0.39, 0.29) is 5.88 Å². The van der Waals surface area contributed by atoms with Gasteiger partial charge in [0.15, 0.2) is 5.82 Å². The number of aromatic nitrogens is 5. The van der Waals surface area contributed by atoms with Crippen molar-refractivity contribution in [1.29, 1.82) is 0 Å². The van der Waals surface area contributed by atoms with Gasteiger partial charge < -0.3 is 4.42 Å². The third-order valence-corrected chi connectivity index (χ3v) is 3.74. The minimum absolute atomic E-state index is 0.224. The fourth-order valence-electron chi connectivity index (χ4n) is 2.40.